The SMILES string of the molecule is COC(=O)C(C)(CCCn1cc(C)cn1)NC(C)C. The molecule has 0 amide bonds. The van der Waals surface area contributed by atoms with Gasteiger partial charge in [0, 0.05) is 18.8 Å². The zero-order chi connectivity index (χ0) is 14.5. The normalized spacial score (nSPS) is 14.4. The summed E-state index contributed by atoms with van der Waals surface area (Å²) in [5.74, 6) is -0.210. The molecule has 0 aliphatic rings. The van der Waals surface area contributed by atoms with Crippen LogP contribution in [0.1, 0.15) is 39.2 Å². The van der Waals surface area contributed by atoms with Crippen molar-refractivity contribution in [2.45, 2.75) is 58.7 Å². The summed E-state index contributed by atoms with van der Waals surface area (Å²) < 4.78 is 6.80. The van der Waals surface area contributed by atoms with Crippen molar-refractivity contribution in [2.75, 3.05) is 7.11 Å². The summed E-state index contributed by atoms with van der Waals surface area (Å²) in [6, 6.07) is 0.232. The highest BCUT2D eigenvalue weighted by atomic mass is 16.5. The van der Waals surface area contributed by atoms with E-state index in [2.05, 4.69) is 10.4 Å². The van der Waals surface area contributed by atoms with Crippen molar-refractivity contribution >= 4 is 5.97 Å². The van der Waals surface area contributed by atoms with E-state index in [9.17, 15) is 4.79 Å². The van der Waals surface area contributed by atoms with Gasteiger partial charge in [0.2, 0.25) is 0 Å². The average Bonchev–Trinajstić information content (AvgIpc) is 2.73. The van der Waals surface area contributed by atoms with Gasteiger partial charge in [-0.3, -0.25) is 14.8 Å². The van der Waals surface area contributed by atoms with Gasteiger partial charge in [0.1, 0.15) is 5.54 Å². The highest BCUT2D eigenvalue weighted by molar-refractivity contribution is 5.80. The maximum atomic E-state index is 11.9. The third-order valence-corrected chi connectivity index (χ3v) is 3.07. The summed E-state index contributed by atoms with van der Waals surface area (Å²) in [6.07, 6.45) is 5.43. The number of methoxy groups -OCH3 is 1. The number of nitrogens with zero attached hydrogens (tertiary/aromatic N) is 2. The largest absolute Gasteiger partial charge is 0.468 e. The second kappa shape index (κ2) is 6.70. The number of rotatable bonds is 7. The average molecular weight is 267 g/mol. The minimum Gasteiger partial charge on any atom is -0.468 e. The molecule has 5 heteroatoms. The van der Waals surface area contributed by atoms with Crippen LogP contribution in [0.5, 0.6) is 0 Å². The van der Waals surface area contributed by atoms with Crippen molar-refractivity contribution in [2.24, 2.45) is 0 Å². The van der Waals surface area contributed by atoms with Gasteiger partial charge in [0.05, 0.1) is 13.3 Å². The van der Waals surface area contributed by atoms with Crippen LogP contribution in [0.25, 0.3) is 0 Å². The second-order valence-corrected chi connectivity index (χ2v) is 5.51. The first kappa shape index (κ1) is 15.7. The smallest absolute Gasteiger partial charge is 0.325 e. The summed E-state index contributed by atoms with van der Waals surface area (Å²) in [7, 11) is 1.43. The van der Waals surface area contributed by atoms with Crippen molar-refractivity contribution in [3.8, 4) is 0 Å². The summed E-state index contributed by atoms with van der Waals surface area (Å²) in [6.45, 7) is 8.77. The molecule has 0 saturated heterocycles. The number of hydrogen-bond donors (Lipinski definition) is 1. The van der Waals surface area contributed by atoms with Crippen LogP contribution in [0.2, 0.25) is 0 Å². The predicted molar refractivity (Wildman–Crippen MR) is 74.9 cm³/mol. The van der Waals surface area contributed by atoms with Gasteiger partial charge >= 0.3 is 5.97 Å². The fourth-order valence-electron chi connectivity index (χ4n) is 2.28. The standard InChI is InChI=1S/C14H25N3O2/c1-11(2)16-14(4,13(18)19-5)7-6-8-17-10-12(3)9-15-17/h9-11,16H,6-8H2,1-5H3. The number of carbonyl (C=O) groups is 1. The van der Waals surface area contributed by atoms with Gasteiger partial charge in [0.25, 0.3) is 0 Å². The summed E-state index contributed by atoms with van der Waals surface area (Å²) >= 11 is 0. The van der Waals surface area contributed by atoms with Crippen molar-refractivity contribution in [3.63, 3.8) is 0 Å². The lowest BCUT2D eigenvalue weighted by molar-refractivity contribution is -0.148. The number of aryl methyl sites for hydroxylation is 2. The van der Waals surface area contributed by atoms with Gasteiger partial charge < -0.3 is 4.74 Å². The van der Waals surface area contributed by atoms with Gasteiger partial charge in [-0.1, -0.05) is 0 Å². The molecule has 5 nitrogen and oxygen atoms in total. The third kappa shape index (κ3) is 4.67. The van der Waals surface area contributed by atoms with Gasteiger partial charge in [-0.15, -0.1) is 0 Å². The Morgan fingerprint density at radius 2 is 2.26 bits per heavy atom. The molecule has 1 aromatic rings. The van der Waals surface area contributed by atoms with E-state index in [4.69, 9.17) is 4.74 Å². The highest BCUT2D eigenvalue weighted by Crippen LogP contribution is 2.16. The maximum absolute atomic E-state index is 11.9. The van der Waals surface area contributed by atoms with Crippen LogP contribution in [0.3, 0.4) is 0 Å². The van der Waals surface area contributed by atoms with E-state index in [0.717, 1.165) is 24.9 Å². The molecule has 0 radical (unpaired) electrons. The Morgan fingerprint density at radius 3 is 2.74 bits per heavy atom. The predicted octanol–water partition coefficient (Wildman–Crippen LogP) is 1.90. The Balaban J connectivity index is 2.55. The van der Waals surface area contributed by atoms with E-state index in [1.54, 1.807) is 0 Å². The zero-order valence-corrected chi connectivity index (χ0v) is 12.6. The van der Waals surface area contributed by atoms with Crippen LogP contribution in [-0.2, 0) is 16.1 Å². The number of ether oxygens (including phenoxy) is 1. The molecule has 0 saturated carbocycles. The van der Waals surface area contributed by atoms with E-state index in [0.29, 0.717) is 0 Å². The lowest BCUT2D eigenvalue weighted by Gasteiger charge is -2.30. The van der Waals surface area contributed by atoms with Crippen molar-refractivity contribution in [1.82, 2.24) is 15.1 Å². The number of nitrogens with one attached hydrogen (secondary N) is 1. The first-order chi connectivity index (χ1) is 8.87. The minimum absolute atomic E-state index is 0.210. The first-order valence-electron chi connectivity index (χ1n) is 6.72. The molecule has 0 fully saturated rings. The van der Waals surface area contributed by atoms with Crippen LogP contribution in [0, 0.1) is 6.92 Å². The molecule has 1 unspecified atom stereocenters. The molecule has 1 N–H and O–H groups in total. The molecule has 1 heterocycles. The fraction of sp³-hybridized carbons (Fsp3) is 0.714. The fourth-order valence-corrected chi connectivity index (χ4v) is 2.28. The Bertz CT molecular complexity index is 415. The van der Waals surface area contributed by atoms with Crippen molar-refractivity contribution in [1.29, 1.82) is 0 Å². The lowest BCUT2D eigenvalue weighted by Crippen LogP contribution is -2.53. The number of hydrogen-bond acceptors (Lipinski definition) is 4. The van der Waals surface area contributed by atoms with Crippen LogP contribution >= 0.6 is 0 Å². The minimum atomic E-state index is -0.634. The van der Waals surface area contributed by atoms with Gasteiger partial charge in [-0.25, -0.2) is 0 Å². The summed E-state index contributed by atoms with van der Waals surface area (Å²) in [4.78, 5) is 11.9. The summed E-state index contributed by atoms with van der Waals surface area (Å²) in [5.41, 5.74) is 0.515. The van der Waals surface area contributed by atoms with Crippen molar-refractivity contribution < 1.29 is 9.53 Å². The quantitative estimate of drug-likeness (QED) is 0.767. The monoisotopic (exact) mass is 267 g/mol. The van der Waals surface area contributed by atoms with E-state index in [1.165, 1.54) is 7.11 Å². The van der Waals surface area contributed by atoms with E-state index in [1.807, 2.05) is 44.8 Å². The molecule has 108 valence electrons. The molecule has 1 aromatic heterocycles. The molecule has 0 aliphatic heterocycles. The molecular formula is C14H25N3O2. The van der Waals surface area contributed by atoms with Crippen LogP contribution < -0.4 is 5.32 Å². The van der Waals surface area contributed by atoms with Gasteiger partial charge in [0.15, 0.2) is 0 Å². The number of esters is 1. The second-order valence-electron chi connectivity index (χ2n) is 5.51. The van der Waals surface area contributed by atoms with E-state index < -0.39 is 5.54 Å². The Kier molecular flexibility index (Phi) is 5.54. The van der Waals surface area contributed by atoms with Crippen LogP contribution in [-0.4, -0.2) is 34.4 Å². The Hall–Kier alpha value is -1.36. The summed E-state index contributed by atoms with van der Waals surface area (Å²) in [5, 5.41) is 7.54. The molecule has 0 bridgehead atoms. The highest BCUT2D eigenvalue weighted by Gasteiger charge is 2.34. The molecule has 19 heavy (non-hydrogen) atoms. The Labute approximate surface area is 115 Å². The van der Waals surface area contributed by atoms with Gasteiger partial charge in [-0.05, 0) is 46.1 Å². The van der Waals surface area contributed by atoms with Crippen molar-refractivity contribution in [3.05, 3.63) is 18.0 Å². The van der Waals surface area contributed by atoms with Crippen LogP contribution in [0.15, 0.2) is 12.4 Å². The van der Waals surface area contributed by atoms with Gasteiger partial charge in [-0.2, -0.15) is 5.10 Å². The van der Waals surface area contributed by atoms with E-state index in [-0.39, 0.29) is 12.0 Å². The maximum Gasteiger partial charge on any atom is 0.325 e. The number of carbonyl (C=O) groups excluding carboxylic acids is 1. The molecule has 1 rings (SSSR count). The van der Waals surface area contributed by atoms with E-state index >= 15 is 0 Å². The molecule has 1 atom stereocenters. The lowest BCUT2D eigenvalue weighted by atomic mass is 9.95. The molecule has 0 spiro atoms. The first-order valence-corrected chi connectivity index (χ1v) is 6.72. The third-order valence-electron chi connectivity index (χ3n) is 3.07. The Morgan fingerprint density at radius 1 is 1.58 bits per heavy atom. The zero-order valence-electron chi connectivity index (χ0n) is 12.6. The topological polar surface area (TPSA) is 56.2 Å². The number of aromatic nitrogens is 2. The van der Waals surface area contributed by atoms with Crippen LogP contribution in [0.4, 0.5) is 0 Å². The molecular weight excluding hydrogens is 242 g/mol. The molecule has 0 aliphatic carbocycles. The molecule has 0 aromatic carbocycles.